The van der Waals surface area contributed by atoms with Gasteiger partial charge in [-0.2, -0.15) is 0 Å². The van der Waals surface area contributed by atoms with Gasteiger partial charge in [-0.25, -0.2) is 4.79 Å². The van der Waals surface area contributed by atoms with Gasteiger partial charge in [-0.05, 0) is 32.4 Å². The van der Waals surface area contributed by atoms with E-state index in [1.165, 1.54) is 0 Å². The summed E-state index contributed by atoms with van der Waals surface area (Å²) in [7, 11) is 0. The molecule has 4 heteroatoms. The highest BCUT2D eigenvalue weighted by Crippen LogP contribution is 2.23. The molecule has 0 heterocycles. The second-order valence-electron chi connectivity index (χ2n) is 4.53. The Morgan fingerprint density at radius 2 is 1.94 bits per heavy atom. The molecule has 0 radical (unpaired) electrons. The predicted octanol–water partition coefficient (Wildman–Crippen LogP) is 2.68. The topological polar surface area (TPSA) is 52.3 Å². The fraction of sp³-hybridized carbons (Fsp3) is 0.417. The van der Waals surface area contributed by atoms with Crippen molar-refractivity contribution in [1.29, 1.82) is 0 Å². The largest absolute Gasteiger partial charge is 0.459 e. The monoisotopic (exact) mass is 241 g/mol. The number of nitrogens with two attached hydrogens (primary N) is 1. The number of halogens is 1. The lowest BCUT2D eigenvalue weighted by molar-refractivity contribution is -0.156. The van der Waals surface area contributed by atoms with Crippen LogP contribution in [0.4, 0.5) is 0 Å². The number of esters is 1. The van der Waals surface area contributed by atoms with E-state index in [9.17, 15) is 4.79 Å². The summed E-state index contributed by atoms with van der Waals surface area (Å²) in [6.07, 6.45) is 0. The third-order valence-corrected chi connectivity index (χ3v) is 2.25. The molecule has 0 aliphatic rings. The highest BCUT2D eigenvalue weighted by Gasteiger charge is 2.24. The average molecular weight is 242 g/mol. The van der Waals surface area contributed by atoms with Crippen LogP contribution in [-0.2, 0) is 9.53 Å². The maximum Gasteiger partial charge on any atom is 0.328 e. The minimum Gasteiger partial charge on any atom is -0.459 e. The maximum atomic E-state index is 11.7. The Morgan fingerprint density at radius 3 is 2.44 bits per heavy atom. The van der Waals surface area contributed by atoms with Crippen molar-refractivity contribution in [3.63, 3.8) is 0 Å². The molecule has 0 aromatic heterocycles. The van der Waals surface area contributed by atoms with Gasteiger partial charge in [0.25, 0.3) is 0 Å². The highest BCUT2D eigenvalue weighted by atomic mass is 35.5. The van der Waals surface area contributed by atoms with Crippen molar-refractivity contribution in [3.8, 4) is 0 Å². The summed E-state index contributed by atoms with van der Waals surface area (Å²) >= 11 is 5.95. The third kappa shape index (κ3) is 3.51. The van der Waals surface area contributed by atoms with Crippen molar-refractivity contribution < 1.29 is 9.53 Å². The molecule has 0 spiro atoms. The Bertz CT molecular complexity index is 385. The first-order valence-electron chi connectivity index (χ1n) is 5.04. The van der Waals surface area contributed by atoms with Crippen LogP contribution in [0.2, 0.25) is 5.02 Å². The number of rotatable bonds is 2. The van der Waals surface area contributed by atoms with E-state index in [1.807, 2.05) is 0 Å². The molecule has 2 N–H and O–H groups in total. The summed E-state index contributed by atoms with van der Waals surface area (Å²) in [4.78, 5) is 11.7. The summed E-state index contributed by atoms with van der Waals surface area (Å²) in [6.45, 7) is 5.39. The molecule has 0 saturated heterocycles. The zero-order valence-corrected chi connectivity index (χ0v) is 10.4. The van der Waals surface area contributed by atoms with Gasteiger partial charge < -0.3 is 10.5 Å². The first kappa shape index (κ1) is 13.0. The van der Waals surface area contributed by atoms with Crippen LogP contribution in [0.25, 0.3) is 0 Å². The number of ether oxygens (including phenoxy) is 1. The molecular formula is C12H16ClNO2. The molecule has 0 amide bonds. The number of carbonyl (C=O) groups excluding carboxylic acids is 1. The van der Waals surface area contributed by atoms with Gasteiger partial charge in [-0.15, -0.1) is 0 Å². The van der Waals surface area contributed by atoms with Crippen LogP contribution >= 0.6 is 11.6 Å². The quantitative estimate of drug-likeness (QED) is 0.810. The summed E-state index contributed by atoms with van der Waals surface area (Å²) in [5.74, 6) is -0.472. The lowest BCUT2D eigenvalue weighted by Crippen LogP contribution is -2.31. The van der Waals surface area contributed by atoms with E-state index in [-0.39, 0.29) is 0 Å². The van der Waals surface area contributed by atoms with E-state index < -0.39 is 17.6 Å². The summed E-state index contributed by atoms with van der Waals surface area (Å²) in [6, 6.07) is 6.14. The van der Waals surface area contributed by atoms with Crippen molar-refractivity contribution in [2.75, 3.05) is 0 Å². The lowest BCUT2D eigenvalue weighted by atomic mass is 10.1. The van der Waals surface area contributed by atoms with Crippen LogP contribution in [-0.4, -0.2) is 11.6 Å². The molecule has 3 nitrogen and oxygen atoms in total. The molecule has 88 valence electrons. The summed E-state index contributed by atoms with van der Waals surface area (Å²) < 4.78 is 5.19. The molecule has 0 aliphatic carbocycles. The van der Waals surface area contributed by atoms with Gasteiger partial charge in [-0.3, -0.25) is 0 Å². The Kier molecular flexibility index (Phi) is 3.94. The van der Waals surface area contributed by atoms with E-state index in [0.717, 1.165) is 0 Å². The lowest BCUT2D eigenvalue weighted by Gasteiger charge is -2.22. The van der Waals surface area contributed by atoms with Gasteiger partial charge in [0.05, 0.1) is 0 Å². The molecule has 0 saturated carbocycles. The predicted molar refractivity (Wildman–Crippen MR) is 64.2 cm³/mol. The van der Waals surface area contributed by atoms with Crippen molar-refractivity contribution >= 4 is 17.6 Å². The molecule has 1 aromatic rings. The molecule has 1 atom stereocenters. The number of hydrogen-bond donors (Lipinski definition) is 1. The van der Waals surface area contributed by atoms with Crippen molar-refractivity contribution in [1.82, 2.24) is 0 Å². The van der Waals surface area contributed by atoms with Crippen molar-refractivity contribution in [2.24, 2.45) is 5.73 Å². The number of benzene rings is 1. The Labute approximate surface area is 101 Å². The van der Waals surface area contributed by atoms with Crippen LogP contribution in [0.15, 0.2) is 24.3 Å². The second kappa shape index (κ2) is 4.85. The Morgan fingerprint density at radius 1 is 1.38 bits per heavy atom. The van der Waals surface area contributed by atoms with Crippen LogP contribution in [0.3, 0.4) is 0 Å². The smallest absolute Gasteiger partial charge is 0.328 e. The third-order valence-electron chi connectivity index (χ3n) is 1.90. The van der Waals surface area contributed by atoms with E-state index in [0.29, 0.717) is 10.6 Å². The molecule has 0 aliphatic heterocycles. The second-order valence-corrected chi connectivity index (χ2v) is 4.94. The van der Waals surface area contributed by atoms with E-state index in [1.54, 1.807) is 45.0 Å². The van der Waals surface area contributed by atoms with Crippen molar-refractivity contribution in [2.45, 2.75) is 32.4 Å². The van der Waals surface area contributed by atoms with Gasteiger partial charge in [0.1, 0.15) is 11.6 Å². The van der Waals surface area contributed by atoms with Crippen molar-refractivity contribution in [3.05, 3.63) is 34.9 Å². The molecule has 1 unspecified atom stereocenters. The van der Waals surface area contributed by atoms with E-state index in [2.05, 4.69) is 0 Å². The van der Waals surface area contributed by atoms with Gasteiger partial charge >= 0.3 is 5.97 Å². The van der Waals surface area contributed by atoms with Gasteiger partial charge in [0, 0.05) is 5.02 Å². The number of hydrogen-bond acceptors (Lipinski definition) is 3. The van der Waals surface area contributed by atoms with Crippen LogP contribution < -0.4 is 5.73 Å². The van der Waals surface area contributed by atoms with Gasteiger partial charge in [-0.1, -0.05) is 29.8 Å². The Balaban J connectivity index is 2.83. The molecule has 1 rings (SSSR count). The van der Waals surface area contributed by atoms with Crippen LogP contribution in [0.5, 0.6) is 0 Å². The minimum absolute atomic E-state index is 0.472. The number of carbonyl (C=O) groups is 1. The highest BCUT2D eigenvalue weighted by molar-refractivity contribution is 6.31. The summed E-state index contributed by atoms with van der Waals surface area (Å²) in [5.41, 5.74) is 5.82. The van der Waals surface area contributed by atoms with E-state index in [4.69, 9.17) is 22.1 Å². The SMILES string of the molecule is CC(C)(C)OC(=O)C(N)c1ccccc1Cl. The zero-order chi connectivity index (χ0) is 12.3. The zero-order valence-electron chi connectivity index (χ0n) is 9.66. The molecule has 1 aromatic carbocycles. The summed E-state index contributed by atoms with van der Waals surface area (Å²) in [5, 5.41) is 0.473. The van der Waals surface area contributed by atoms with E-state index >= 15 is 0 Å². The Hall–Kier alpha value is -1.06. The van der Waals surface area contributed by atoms with Gasteiger partial charge in [0.2, 0.25) is 0 Å². The molecular weight excluding hydrogens is 226 g/mol. The molecule has 0 fully saturated rings. The first-order valence-corrected chi connectivity index (χ1v) is 5.42. The molecule has 0 bridgehead atoms. The normalized spacial score (nSPS) is 13.3. The fourth-order valence-electron chi connectivity index (χ4n) is 1.22. The maximum absolute atomic E-state index is 11.7. The van der Waals surface area contributed by atoms with Crippen LogP contribution in [0, 0.1) is 0 Å². The van der Waals surface area contributed by atoms with Gasteiger partial charge in [0.15, 0.2) is 0 Å². The molecule has 16 heavy (non-hydrogen) atoms. The first-order chi connectivity index (χ1) is 7.31. The fourth-order valence-corrected chi connectivity index (χ4v) is 1.47. The average Bonchev–Trinajstić information content (AvgIpc) is 2.15. The standard InChI is InChI=1S/C12H16ClNO2/c1-12(2,3)16-11(15)10(14)8-6-4-5-7-9(8)13/h4-7,10H,14H2,1-3H3. The van der Waals surface area contributed by atoms with Crippen LogP contribution in [0.1, 0.15) is 32.4 Å². The minimum atomic E-state index is -0.840.